The number of nitrogens with zero attached hydrogens (tertiary/aromatic N) is 1. The van der Waals surface area contributed by atoms with Crippen LogP contribution in [0.1, 0.15) is 52.4 Å². The number of carbonyl (C=O) groups excluding carboxylic acids is 1. The van der Waals surface area contributed by atoms with Crippen molar-refractivity contribution in [1.29, 1.82) is 0 Å². The van der Waals surface area contributed by atoms with E-state index in [9.17, 15) is 13.2 Å². The number of amides is 1. The van der Waals surface area contributed by atoms with Gasteiger partial charge in [0.25, 0.3) is 0 Å². The number of hydrogen-bond donors (Lipinski definition) is 0. The lowest BCUT2D eigenvalue weighted by Gasteiger charge is -2.32. The monoisotopic (exact) mass is 435 g/mol. The Kier molecular flexibility index (Phi) is 6.02. The van der Waals surface area contributed by atoms with Crippen molar-refractivity contribution in [2.75, 3.05) is 25.4 Å². The number of benzene rings is 1. The Balaban J connectivity index is 1.14. The smallest absolute Gasteiger partial charge is 0.410 e. The fourth-order valence-electron chi connectivity index (χ4n) is 4.48. The summed E-state index contributed by atoms with van der Waals surface area (Å²) < 4.78 is 35.1. The summed E-state index contributed by atoms with van der Waals surface area (Å²) in [6, 6.07) is 6.72. The molecule has 7 heteroatoms. The minimum atomic E-state index is -3.16. The van der Waals surface area contributed by atoms with Crippen LogP contribution in [0.5, 0.6) is 5.75 Å². The van der Waals surface area contributed by atoms with Gasteiger partial charge in [-0.05, 0) is 87.5 Å². The molecule has 0 spiro atoms. The Morgan fingerprint density at radius 2 is 1.83 bits per heavy atom. The third-order valence-electron chi connectivity index (χ3n) is 6.99. The molecule has 1 aromatic rings. The lowest BCUT2D eigenvalue weighted by molar-refractivity contribution is 0.0473. The van der Waals surface area contributed by atoms with Crippen LogP contribution < -0.4 is 4.74 Å². The first-order valence-corrected chi connectivity index (χ1v) is 12.9. The van der Waals surface area contributed by atoms with Crippen LogP contribution in [0.2, 0.25) is 0 Å². The highest BCUT2D eigenvalue weighted by molar-refractivity contribution is 7.91. The van der Waals surface area contributed by atoms with Crippen molar-refractivity contribution in [2.45, 2.75) is 62.9 Å². The quantitative estimate of drug-likeness (QED) is 0.609. The molecular weight excluding hydrogens is 402 g/mol. The van der Waals surface area contributed by atoms with Gasteiger partial charge in [0, 0.05) is 13.1 Å². The van der Waals surface area contributed by atoms with Gasteiger partial charge >= 0.3 is 6.09 Å². The first kappa shape index (κ1) is 21.5. The van der Waals surface area contributed by atoms with Crippen LogP contribution in [0.25, 0.3) is 0 Å². The van der Waals surface area contributed by atoms with Gasteiger partial charge in [-0.2, -0.15) is 0 Å². The molecule has 0 radical (unpaired) electrons. The van der Waals surface area contributed by atoms with E-state index in [1.165, 1.54) is 6.42 Å². The van der Waals surface area contributed by atoms with Crippen LogP contribution in [-0.2, 0) is 14.6 Å². The topological polar surface area (TPSA) is 72.9 Å². The number of ether oxygens (including phenoxy) is 2. The van der Waals surface area contributed by atoms with Gasteiger partial charge in [-0.3, -0.25) is 0 Å². The van der Waals surface area contributed by atoms with Gasteiger partial charge < -0.3 is 14.4 Å². The Labute approximate surface area is 179 Å². The van der Waals surface area contributed by atoms with E-state index >= 15 is 0 Å². The lowest BCUT2D eigenvalue weighted by Crippen LogP contribution is -2.40. The van der Waals surface area contributed by atoms with E-state index in [0.29, 0.717) is 23.3 Å². The number of rotatable bonds is 8. The van der Waals surface area contributed by atoms with Crippen LogP contribution in [0.15, 0.2) is 29.2 Å². The number of piperidine rings is 1. The summed E-state index contributed by atoms with van der Waals surface area (Å²) in [7, 11) is -3.16. The van der Waals surface area contributed by atoms with Gasteiger partial charge in [0.2, 0.25) is 0 Å². The zero-order chi connectivity index (χ0) is 21.4. The van der Waals surface area contributed by atoms with Crippen molar-refractivity contribution in [3.05, 3.63) is 24.3 Å². The zero-order valence-electron chi connectivity index (χ0n) is 18.0. The van der Waals surface area contributed by atoms with E-state index in [1.54, 1.807) is 31.2 Å². The number of sulfone groups is 1. The van der Waals surface area contributed by atoms with Crippen molar-refractivity contribution in [3.63, 3.8) is 0 Å². The molecule has 1 aliphatic heterocycles. The van der Waals surface area contributed by atoms with E-state index in [4.69, 9.17) is 9.47 Å². The molecule has 1 aromatic carbocycles. The highest BCUT2D eigenvalue weighted by Gasteiger charge is 2.45. The normalized spacial score (nSPS) is 25.6. The van der Waals surface area contributed by atoms with E-state index in [0.717, 1.165) is 56.9 Å². The maximum atomic E-state index is 12.2. The SMILES string of the molecule is CCS(=O)(=O)c1ccc(OCC[C@@H]2C[C@@H]2C2CCN(C(=O)OC3(C)CC3)CC2)cc1. The van der Waals surface area contributed by atoms with Gasteiger partial charge in [0.1, 0.15) is 11.4 Å². The molecule has 3 fully saturated rings. The fraction of sp³-hybridized carbons (Fsp3) is 0.696. The molecule has 6 nitrogen and oxygen atoms in total. The van der Waals surface area contributed by atoms with E-state index < -0.39 is 9.84 Å². The summed E-state index contributed by atoms with van der Waals surface area (Å²) in [6.45, 7) is 5.94. The predicted octanol–water partition coefficient (Wildman–Crippen LogP) is 4.29. The van der Waals surface area contributed by atoms with Crippen molar-refractivity contribution in [1.82, 2.24) is 4.90 Å². The highest BCUT2D eigenvalue weighted by atomic mass is 32.2. The van der Waals surface area contributed by atoms with Crippen LogP contribution in [0, 0.1) is 17.8 Å². The van der Waals surface area contributed by atoms with Crippen molar-refractivity contribution in [2.24, 2.45) is 17.8 Å². The van der Waals surface area contributed by atoms with Gasteiger partial charge in [-0.15, -0.1) is 0 Å². The molecule has 166 valence electrons. The number of carbonyl (C=O) groups is 1. The molecule has 1 saturated heterocycles. The third-order valence-corrected chi connectivity index (χ3v) is 8.74. The maximum absolute atomic E-state index is 12.2. The van der Waals surface area contributed by atoms with E-state index in [1.807, 2.05) is 11.8 Å². The summed E-state index contributed by atoms with van der Waals surface area (Å²) in [5.41, 5.74) is -0.194. The molecule has 1 heterocycles. The third kappa shape index (κ3) is 5.10. The second-order valence-corrected chi connectivity index (χ2v) is 11.6. The lowest BCUT2D eigenvalue weighted by atomic mass is 9.91. The molecule has 0 unspecified atom stereocenters. The molecule has 0 bridgehead atoms. The van der Waals surface area contributed by atoms with Crippen molar-refractivity contribution < 1.29 is 22.7 Å². The zero-order valence-corrected chi connectivity index (χ0v) is 18.8. The largest absolute Gasteiger partial charge is 0.494 e. The van der Waals surface area contributed by atoms with E-state index in [-0.39, 0.29) is 17.4 Å². The second-order valence-electron chi connectivity index (χ2n) is 9.31. The Bertz CT molecular complexity index is 854. The van der Waals surface area contributed by atoms with Crippen molar-refractivity contribution in [3.8, 4) is 5.75 Å². The molecular formula is C23H33NO5S. The Morgan fingerprint density at radius 1 is 1.17 bits per heavy atom. The predicted molar refractivity (Wildman–Crippen MR) is 114 cm³/mol. The van der Waals surface area contributed by atoms with Gasteiger partial charge in [-0.1, -0.05) is 6.92 Å². The van der Waals surface area contributed by atoms with Crippen LogP contribution in [-0.4, -0.2) is 50.5 Å². The summed E-state index contributed by atoms with van der Waals surface area (Å²) >= 11 is 0. The molecule has 4 rings (SSSR count). The van der Waals surface area contributed by atoms with Gasteiger partial charge in [0.15, 0.2) is 9.84 Å². The number of likely N-dealkylation sites (tertiary alicyclic amines) is 1. The first-order valence-electron chi connectivity index (χ1n) is 11.2. The number of hydrogen-bond acceptors (Lipinski definition) is 5. The van der Waals surface area contributed by atoms with Gasteiger partial charge in [-0.25, -0.2) is 13.2 Å². The average Bonchev–Trinajstić information content (AvgIpc) is 3.66. The van der Waals surface area contributed by atoms with E-state index in [2.05, 4.69) is 0 Å². The minimum absolute atomic E-state index is 0.107. The Morgan fingerprint density at radius 3 is 2.43 bits per heavy atom. The summed E-state index contributed by atoms with van der Waals surface area (Å²) in [5, 5.41) is 0. The maximum Gasteiger partial charge on any atom is 0.410 e. The average molecular weight is 436 g/mol. The van der Waals surface area contributed by atoms with Crippen molar-refractivity contribution >= 4 is 15.9 Å². The Hall–Kier alpha value is -1.76. The molecule has 1 amide bonds. The molecule has 2 saturated carbocycles. The molecule has 0 aromatic heterocycles. The van der Waals surface area contributed by atoms with Crippen LogP contribution >= 0.6 is 0 Å². The second kappa shape index (κ2) is 8.40. The molecule has 2 atom stereocenters. The summed E-state index contributed by atoms with van der Waals surface area (Å²) in [4.78, 5) is 14.5. The highest BCUT2D eigenvalue weighted by Crippen LogP contribution is 2.50. The summed E-state index contributed by atoms with van der Waals surface area (Å²) in [6.07, 6.45) is 6.27. The molecule has 0 N–H and O–H groups in total. The van der Waals surface area contributed by atoms with Crippen LogP contribution in [0.4, 0.5) is 4.79 Å². The first-order chi connectivity index (χ1) is 14.3. The summed E-state index contributed by atoms with van der Waals surface area (Å²) in [5.74, 6) is 2.99. The van der Waals surface area contributed by atoms with Gasteiger partial charge in [0.05, 0.1) is 17.3 Å². The van der Waals surface area contributed by atoms with Crippen LogP contribution in [0.3, 0.4) is 0 Å². The molecule has 3 aliphatic rings. The fourth-order valence-corrected chi connectivity index (χ4v) is 5.37. The molecule has 2 aliphatic carbocycles. The standard InChI is InChI=1S/C23H33NO5S/c1-3-30(26,27)20-6-4-19(5-7-20)28-15-10-18-16-21(18)17-8-13-24(14-9-17)22(25)29-23(2)11-12-23/h4-7,17-18,21H,3,8-16H2,1-2H3/t18-,21-/m1/s1. The molecule has 30 heavy (non-hydrogen) atoms. The minimum Gasteiger partial charge on any atom is -0.494 e.